The molecular weight excluding hydrogens is 329 g/mol. The minimum absolute atomic E-state index is 0.309. The monoisotopic (exact) mass is 337 g/mol. The molecule has 0 aliphatic carbocycles. The average molecular weight is 337 g/mol. The third-order valence-electron chi connectivity index (χ3n) is 2.64. The van der Waals surface area contributed by atoms with Gasteiger partial charge in [-0.05, 0) is 30.3 Å². The molecule has 0 heterocycles. The molecule has 22 heavy (non-hydrogen) atoms. The molecule has 0 radical (unpaired) electrons. The van der Waals surface area contributed by atoms with Gasteiger partial charge in [0.1, 0.15) is 0 Å². The molecule has 0 amide bonds. The van der Waals surface area contributed by atoms with Gasteiger partial charge in [-0.15, -0.1) is 0 Å². The summed E-state index contributed by atoms with van der Waals surface area (Å²) in [5.74, 6) is -2.47. The number of rotatable bonds is 3. The molecule has 0 aliphatic heterocycles. The second-order valence-corrected chi connectivity index (χ2v) is 5.94. The van der Waals surface area contributed by atoms with Crippen LogP contribution in [0.2, 0.25) is 0 Å². The lowest BCUT2D eigenvalue weighted by Crippen LogP contribution is -2.14. The highest BCUT2D eigenvalue weighted by Crippen LogP contribution is 2.30. The maximum atomic E-state index is 13.0. The van der Waals surface area contributed by atoms with Crippen molar-refractivity contribution in [3.63, 3.8) is 0 Å². The zero-order chi connectivity index (χ0) is 16.5. The van der Waals surface area contributed by atoms with Crippen molar-refractivity contribution in [1.82, 2.24) is 0 Å². The van der Waals surface area contributed by atoms with Crippen LogP contribution >= 0.6 is 0 Å². The third kappa shape index (κ3) is 3.53. The summed E-state index contributed by atoms with van der Waals surface area (Å²) in [6.07, 6.45) is -4.70. The van der Waals surface area contributed by atoms with Gasteiger partial charge in [-0.25, -0.2) is 17.2 Å². The van der Waals surface area contributed by atoms with E-state index in [0.29, 0.717) is 18.2 Å². The highest BCUT2D eigenvalue weighted by atomic mass is 32.2. The fourth-order valence-electron chi connectivity index (χ4n) is 1.61. The molecule has 0 saturated heterocycles. The van der Waals surface area contributed by atoms with Gasteiger partial charge >= 0.3 is 6.18 Å². The van der Waals surface area contributed by atoms with Crippen LogP contribution in [0.3, 0.4) is 0 Å². The first kappa shape index (κ1) is 16.2. The summed E-state index contributed by atoms with van der Waals surface area (Å²) < 4.78 is 89.3. The fraction of sp³-hybridized carbons (Fsp3) is 0.0769. The van der Waals surface area contributed by atoms with Crippen molar-refractivity contribution in [3.8, 4) is 0 Å². The van der Waals surface area contributed by atoms with E-state index in [2.05, 4.69) is 0 Å². The molecule has 0 unspecified atom stereocenters. The number of alkyl halides is 3. The summed E-state index contributed by atoms with van der Waals surface area (Å²) in [5, 5.41) is 0. The smallest absolute Gasteiger partial charge is 0.280 e. The van der Waals surface area contributed by atoms with Gasteiger partial charge in [0.05, 0.1) is 16.1 Å². The van der Waals surface area contributed by atoms with Gasteiger partial charge in [0.25, 0.3) is 10.0 Å². The van der Waals surface area contributed by atoms with Gasteiger partial charge in [-0.3, -0.25) is 4.72 Å². The van der Waals surface area contributed by atoms with E-state index in [-0.39, 0.29) is 5.69 Å². The van der Waals surface area contributed by atoms with E-state index in [4.69, 9.17) is 0 Å². The number of nitrogens with one attached hydrogen (secondary N) is 1. The Balaban J connectivity index is 2.36. The highest BCUT2D eigenvalue weighted by Gasteiger charge is 2.31. The lowest BCUT2D eigenvalue weighted by molar-refractivity contribution is -0.137. The van der Waals surface area contributed by atoms with Crippen LogP contribution in [-0.4, -0.2) is 8.42 Å². The predicted octanol–water partition coefficient (Wildman–Crippen LogP) is 3.78. The first-order valence-corrected chi connectivity index (χ1v) is 7.23. The van der Waals surface area contributed by atoms with Crippen molar-refractivity contribution in [2.24, 2.45) is 0 Å². The standard InChI is InChI=1S/C13H8F5NO2S/c14-11-5-4-9(7-12(11)15)19-22(20,21)10-3-1-2-8(6-10)13(16,17)18/h1-7,19H. The molecule has 0 aliphatic rings. The van der Waals surface area contributed by atoms with Gasteiger partial charge in [0.15, 0.2) is 11.6 Å². The zero-order valence-corrected chi connectivity index (χ0v) is 11.5. The van der Waals surface area contributed by atoms with Crippen LogP contribution in [0.4, 0.5) is 27.6 Å². The topological polar surface area (TPSA) is 46.2 Å². The summed E-state index contributed by atoms with van der Waals surface area (Å²) in [6, 6.07) is 5.28. The molecule has 0 spiro atoms. The Bertz CT molecular complexity index is 802. The Morgan fingerprint density at radius 1 is 0.909 bits per heavy atom. The van der Waals surface area contributed by atoms with E-state index in [1.807, 2.05) is 4.72 Å². The Morgan fingerprint density at radius 2 is 1.59 bits per heavy atom. The number of hydrogen-bond acceptors (Lipinski definition) is 2. The Morgan fingerprint density at radius 3 is 2.18 bits per heavy atom. The molecule has 0 atom stereocenters. The van der Waals surface area contributed by atoms with Crippen molar-refractivity contribution < 1.29 is 30.4 Å². The van der Waals surface area contributed by atoms with Gasteiger partial charge in [0.2, 0.25) is 0 Å². The van der Waals surface area contributed by atoms with Gasteiger partial charge in [0, 0.05) is 6.07 Å². The Hall–Kier alpha value is -2.16. The molecule has 0 saturated carbocycles. The molecule has 0 aromatic heterocycles. The van der Waals surface area contributed by atoms with E-state index >= 15 is 0 Å². The lowest BCUT2D eigenvalue weighted by atomic mass is 10.2. The maximum Gasteiger partial charge on any atom is 0.416 e. The van der Waals surface area contributed by atoms with E-state index in [9.17, 15) is 30.4 Å². The first-order chi connectivity index (χ1) is 10.1. The average Bonchev–Trinajstić information content (AvgIpc) is 2.42. The molecule has 0 fully saturated rings. The molecule has 2 aromatic carbocycles. The van der Waals surface area contributed by atoms with Crippen LogP contribution < -0.4 is 4.72 Å². The third-order valence-corrected chi connectivity index (χ3v) is 4.02. The van der Waals surface area contributed by atoms with Gasteiger partial charge in [-0.2, -0.15) is 13.2 Å². The van der Waals surface area contributed by atoms with E-state index in [1.165, 1.54) is 0 Å². The van der Waals surface area contributed by atoms with Crippen LogP contribution in [0.5, 0.6) is 0 Å². The molecule has 3 nitrogen and oxygen atoms in total. The Kier molecular flexibility index (Phi) is 4.10. The SMILES string of the molecule is O=S(=O)(Nc1ccc(F)c(F)c1)c1cccc(C(F)(F)F)c1. The van der Waals surface area contributed by atoms with Crippen molar-refractivity contribution in [2.45, 2.75) is 11.1 Å². The van der Waals surface area contributed by atoms with Crippen molar-refractivity contribution >= 4 is 15.7 Å². The molecule has 118 valence electrons. The minimum atomic E-state index is -4.70. The number of halogens is 5. The fourth-order valence-corrected chi connectivity index (χ4v) is 2.71. The number of hydrogen-bond donors (Lipinski definition) is 1. The summed E-state index contributed by atoms with van der Waals surface area (Å²) in [7, 11) is -4.36. The minimum Gasteiger partial charge on any atom is -0.280 e. The van der Waals surface area contributed by atoms with Crippen molar-refractivity contribution in [1.29, 1.82) is 0 Å². The van der Waals surface area contributed by atoms with Crippen LogP contribution in [0.1, 0.15) is 5.56 Å². The second kappa shape index (κ2) is 5.56. The zero-order valence-electron chi connectivity index (χ0n) is 10.7. The number of sulfonamides is 1. The molecule has 9 heteroatoms. The van der Waals surface area contributed by atoms with Crippen molar-refractivity contribution in [2.75, 3.05) is 4.72 Å². The summed E-state index contributed by atoms with van der Waals surface area (Å²) in [4.78, 5) is -0.646. The van der Waals surface area contributed by atoms with Crippen LogP contribution in [-0.2, 0) is 16.2 Å². The number of anilines is 1. The van der Waals surface area contributed by atoms with Crippen molar-refractivity contribution in [3.05, 3.63) is 59.7 Å². The van der Waals surface area contributed by atoms with Crippen LogP contribution in [0, 0.1) is 11.6 Å². The second-order valence-electron chi connectivity index (χ2n) is 4.26. The van der Waals surface area contributed by atoms with Crippen LogP contribution in [0.25, 0.3) is 0 Å². The quantitative estimate of drug-likeness (QED) is 0.867. The lowest BCUT2D eigenvalue weighted by Gasteiger charge is -2.11. The molecule has 0 bridgehead atoms. The summed E-state index contributed by atoms with van der Waals surface area (Å²) in [5.41, 5.74) is -1.45. The molecule has 1 N–H and O–H groups in total. The van der Waals surface area contributed by atoms with E-state index in [1.54, 1.807) is 0 Å². The Labute approximate surface area is 122 Å². The largest absolute Gasteiger partial charge is 0.416 e. The molecule has 2 aromatic rings. The molecular formula is C13H8F5NO2S. The normalized spacial score (nSPS) is 12.2. The number of benzene rings is 2. The first-order valence-electron chi connectivity index (χ1n) is 5.75. The van der Waals surface area contributed by atoms with Gasteiger partial charge in [-0.1, -0.05) is 6.07 Å². The summed E-state index contributed by atoms with van der Waals surface area (Å²) >= 11 is 0. The molecule has 2 rings (SSSR count). The van der Waals surface area contributed by atoms with Gasteiger partial charge < -0.3 is 0 Å². The van der Waals surface area contributed by atoms with E-state index < -0.39 is 38.3 Å². The summed E-state index contributed by atoms with van der Waals surface area (Å²) in [6.45, 7) is 0. The highest BCUT2D eigenvalue weighted by molar-refractivity contribution is 7.92. The predicted molar refractivity (Wildman–Crippen MR) is 68.6 cm³/mol. The van der Waals surface area contributed by atoms with Crippen LogP contribution in [0.15, 0.2) is 47.4 Å². The maximum absolute atomic E-state index is 13.0. The van der Waals surface area contributed by atoms with E-state index in [0.717, 1.165) is 24.3 Å².